The van der Waals surface area contributed by atoms with Crippen LogP contribution >= 0.6 is 0 Å². The number of nitrogens with zero attached hydrogens (tertiary/aromatic N) is 4. The molecule has 0 aromatic heterocycles. The Balaban J connectivity index is 1.35. The Bertz CT molecular complexity index is 822. The van der Waals surface area contributed by atoms with Crippen molar-refractivity contribution in [3.05, 3.63) is 29.8 Å². The van der Waals surface area contributed by atoms with Gasteiger partial charge in [-0.05, 0) is 50.4 Å². The van der Waals surface area contributed by atoms with Crippen molar-refractivity contribution in [1.29, 1.82) is 0 Å². The smallest absolute Gasteiger partial charge is 0.239 e. The number of aliphatic hydroxyl groups is 1. The van der Waals surface area contributed by atoms with Gasteiger partial charge in [0.15, 0.2) is 0 Å². The van der Waals surface area contributed by atoms with Gasteiger partial charge in [0.2, 0.25) is 11.8 Å². The standard InChI is InChI=1S/C25H39N5O3/c1-27(2)19-6-4-18(5-7-19)17-30-15-12-22-24(30)25(33)26-16-20(28(22)3)8-9-23(32)29-13-10-21(31)11-14-29/h4-7,20-22,24,31H,8-17H2,1-3H3,(H,26,33)/t20-,22-,24-/m0/s1. The van der Waals surface area contributed by atoms with E-state index in [-0.39, 0.29) is 36.0 Å². The molecule has 0 saturated carbocycles. The molecule has 3 aliphatic heterocycles. The van der Waals surface area contributed by atoms with Crippen LogP contribution in [0.2, 0.25) is 0 Å². The van der Waals surface area contributed by atoms with E-state index in [2.05, 4.69) is 51.3 Å². The van der Waals surface area contributed by atoms with Crippen LogP contribution in [0.1, 0.15) is 37.7 Å². The molecule has 0 unspecified atom stereocenters. The van der Waals surface area contributed by atoms with Crippen LogP contribution < -0.4 is 10.2 Å². The van der Waals surface area contributed by atoms with Gasteiger partial charge in [0.25, 0.3) is 0 Å². The highest BCUT2D eigenvalue weighted by Crippen LogP contribution is 2.29. The third-order valence-electron chi connectivity index (χ3n) is 7.70. The molecule has 0 aliphatic carbocycles. The normalized spacial score (nSPS) is 27.2. The van der Waals surface area contributed by atoms with Crippen molar-refractivity contribution in [3.63, 3.8) is 0 Å². The van der Waals surface area contributed by atoms with Crippen LogP contribution in [0, 0.1) is 0 Å². The van der Waals surface area contributed by atoms with Crippen molar-refractivity contribution in [1.82, 2.24) is 20.0 Å². The number of rotatable bonds is 6. The van der Waals surface area contributed by atoms with Gasteiger partial charge < -0.3 is 20.2 Å². The van der Waals surface area contributed by atoms with Crippen molar-refractivity contribution in [2.24, 2.45) is 0 Å². The van der Waals surface area contributed by atoms with Crippen LogP contribution in [-0.4, -0.2) is 103 Å². The Labute approximate surface area is 197 Å². The summed E-state index contributed by atoms with van der Waals surface area (Å²) in [7, 11) is 6.18. The number of amides is 2. The number of piperidine rings is 1. The summed E-state index contributed by atoms with van der Waals surface area (Å²) in [5.41, 5.74) is 2.39. The summed E-state index contributed by atoms with van der Waals surface area (Å²) in [6, 6.07) is 8.70. The fourth-order valence-electron chi connectivity index (χ4n) is 5.52. The molecule has 1 aromatic carbocycles. The molecule has 0 bridgehead atoms. The highest BCUT2D eigenvalue weighted by molar-refractivity contribution is 5.83. The number of likely N-dealkylation sites (N-methyl/N-ethyl adjacent to an activating group) is 1. The van der Waals surface area contributed by atoms with Crippen LogP contribution in [0.5, 0.6) is 0 Å². The molecule has 1 aromatic rings. The molecule has 2 amide bonds. The van der Waals surface area contributed by atoms with Crippen molar-refractivity contribution in [2.75, 3.05) is 52.2 Å². The molecule has 3 saturated heterocycles. The van der Waals surface area contributed by atoms with Gasteiger partial charge in [0.05, 0.1) is 6.10 Å². The number of hydrogen-bond donors (Lipinski definition) is 2. The Morgan fingerprint density at radius 1 is 1.12 bits per heavy atom. The predicted octanol–water partition coefficient (Wildman–Crippen LogP) is 0.889. The molecule has 0 radical (unpaired) electrons. The zero-order chi connectivity index (χ0) is 23.5. The molecular weight excluding hydrogens is 418 g/mol. The molecule has 182 valence electrons. The summed E-state index contributed by atoms with van der Waals surface area (Å²) >= 11 is 0. The summed E-state index contributed by atoms with van der Waals surface area (Å²) < 4.78 is 0. The molecule has 33 heavy (non-hydrogen) atoms. The number of hydrogen-bond acceptors (Lipinski definition) is 6. The fraction of sp³-hybridized carbons (Fsp3) is 0.680. The summed E-state index contributed by atoms with van der Waals surface area (Å²) in [4.78, 5) is 34.3. The van der Waals surface area contributed by atoms with Crippen LogP contribution in [0.25, 0.3) is 0 Å². The minimum atomic E-state index is -0.273. The van der Waals surface area contributed by atoms with Gasteiger partial charge in [-0.1, -0.05) is 12.1 Å². The SMILES string of the molecule is CN(C)c1ccc(CN2CC[C@H]3[C@H]2C(=O)NC[C@H](CCC(=O)N2CCC(O)CC2)N3C)cc1. The third kappa shape index (κ3) is 5.50. The fourth-order valence-corrected chi connectivity index (χ4v) is 5.52. The molecule has 4 rings (SSSR count). The van der Waals surface area contributed by atoms with Crippen LogP contribution in [0.4, 0.5) is 5.69 Å². The topological polar surface area (TPSA) is 79.4 Å². The zero-order valence-electron chi connectivity index (χ0n) is 20.2. The number of nitrogens with one attached hydrogen (secondary N) is 1. The first-order chi connectivity index (χ1) is 15.8. The number of anilines is 1. The van der Waals surface area contributed by atoms with Gasteiger partial charge in [-0.25, -0.2) is 0 Å². The second-order valence-corrected chi connectivity index (χ2v) is 10.0. The van der Waals surface area contributed by atoms with Crippen molar-refractivity contribution in [2.45, 2.75) is 62.9 Å². The molecular formula is C25H39N5O3. The second kappa shape index (κ2) is 10.4. The van der Waals surface area contributed by atoms with E-state index in [4.69, 9.17) is 0 Å². The van der Waals surface area contributed by atoms with E-state index >= 15 is 0 Å². The van der Waals surface area contributed by atoms with Gasteiger partial charge in [0.1, 0.15) is 6.04 Å². The van der Waals surface area contributed by atoms with E-state index in [0.29, 0.717) is 38.9 Å². The molecule has 8 heteroatoms. The highest BCUT2D eigenvalue weighted by Gasteiger charge is 2.45. The monoisotopic (exact) mass is 457 g/mol. The van der Waals surface area contributed by atoms with Gasteiger partial charge in [-0.15, -0.1) is 0 Å². The zero-order valence-corrected chi connectivity index (χ0v) is 20.2. The minimum Gasteiger partial charge on any atom is -0.393 e. The first-order valence-corrected chi connectivity index (χ1v) is 12.3. The minimum absolute atomic E-state index is 0.105. The van der Waals surface area contributed by atoms with E-state index < -0.39 is 0 Å². The maximum atomic E-state index is 13.1. The number of aliphatic hydroxyl groups excluding tert-OH is 1. The van der Waals surface area contributed by atoms with E-state index in [1.54, 1.807) is 0 Å². The number of fused-ring (bicyclic) bond motifs is 1. The number of benzene rings is 1. The van der Waals surface area contributed by atoms with Crippen molar-refractivity contribution in [3.8, 4) is 0 Å². The number of likely N-dealkylation sites (tertiary alicyclic amines) is 2. The number of carbonyl (C=O) groups excluding carboxylic acids is 2. The third-order valence-corrected chi connectivity index (χ3v) is 7.70. The van der Waals surface area contributed by atoms with E-state index in [1.165, 1.54) is 11.3 Å². The maximum absolute atomic E-state index is 13.1. The molecule has 3 heterocycles. The van der Waals surface area contributed by atoms with Gasteiger partial charge in [-0.2, -0.15) is 0 Å². The second-order valence-electron chi connectivity index (χ2n) is 10.0. The molecule has 2 N–H and O–H groups in total. The van der Waals surface area contributed by atoms with E-state index in [0.717, 1.165) is 25.9 Å². The first-order valence-electron chi connectivity index (χ1n) is 12.3. The Kier molecular flexibility index (Phi) is 7.56. The van der Waals surface area contributed by atoms with Crippen LogP contribution in [-0.2, 0) is 16.1 Å². The quantitative estimate of drug-likeness (QED) is 0.661. The first kappa shape index (κ1) is 24.0. The average Bonchev–Trinajstić information content (AvgIpc) is 3.17. The number of carbonyl (C=O) groups is 2. The van der Waals surface area contributed by atoms with Crippen LogP contribution in [0.15, 0.2) is 24.3 Å². The van der Waals surface area contributed by atoms with Crippen molar-refractivity contribution < 1.29 is 14.7 Å². The van der Waals surface area contributed by atoms with E-state index in [1.807, 2.05) is 19.0 Å². The summed E-state index contributed by atoms with van der Waals surface area (Å²) in [5, 5.41) is 12.8. The lowest BCUT2D eigenvalue weighted by Crippen LogP contribution is -2.49. The van der Waals surface area contributed by atoms with Gasteiger partial charge in [0, 0.05) is 71.0 Å². The summed E-state index contributed by atoms with van der Waals surface area (Å²) in [6.07, 6.45) is 3.25. The largest absolute Gasteiger partial charge is 0.393 e. The van der Waals surface area contributed by atoms with E-state index in [9.17, 15) is 14.7 Å². The summed E-state index contributed by atoms with van der Waals surface area (Å²) in [5.74, 6) is 0.268. The highest BCUT2D eigenvalue weighted by atomic mass is 16.3. The Hall–Kier alpha value is -2.16. The van der Waals surface area contributed by atoms with Gasteiger partial charge >= 0.3 is 0 Å². The molecule has 0 spiro atoms. The summed E-state index contributed by atoms with van der Waals surface area (Å²) in [6.45, 7) is 3.53. The van der Waals surface area contributed by atoms with Gasteiger partial charge in [-0.3, -0.25) is 19.4 Å². The lowest BCUT2D eigenvalue weighted by Gasteiger charge is -2.34. The Morgan fingerprint density at radius 2 is 1.82 bits per heavy atom. The molecule has 3 aliphatic rings. The average molecular weight is 458 g/mol. The molecule has 8 nitrogen and oxygen atoms in total. The molecule has 3 fully saturated rings. The van der Waals surface area contributed by atoms with Crippen molar-refractivity contribution >= 4 is 17.5 Å². The maximum Gasteiger partial charge on any atom is 0.239 e. The van der Waals surface area contributed by atoms with Crippen LogP contribution in [0.3, 0.4) is 0 Å². The Morgan fingerprint density at radius 3 is 2.48 bits per heavy atom. The lowest BCUT2D eigenvalue weighted by molar-refractivity contribution is -0.133. The lowest BCUT2D eigenvalue weighted by atomic mass is 10.0. The molecule has 3 atom stereocenters. The predicted molar refractivity (Wildman–Crippen MR) is 129 cm³/mol.